The van der Waals surface area contributed by atoms with Crippen LogP contribution >= 0.6 is 11.6 Å². The fraction of sp³-hybridized carbons (Fsp3) is 0.444. The molecule has 1 atom stereocenters. The molecular formula is C18H20ClN3O3. The summed E-state index contributed by atoms with van der Waals surface area (Å²) in [6.07, 6.45) is 0.742. The van der Waals surface area contributed by atoms with Gasteiger partial charge in [0.15, 0.2) is 0 Å². The number of benzene rings is 1. The lowest BCUT2D eigenvalue weighted by molar-refractivity contribution is -0.158. The van der Waals surface area contributed by atoms with E-state index >= 15 is 0 Å². The fourth-order valence-electron chi connectivity index (χ4n) is 3.83. The molecule has 0 N–H and O–H groups in total. The van der Waals surface area contributed by atoms with E-state index in [1.165, 1.54) is 0 Å². The zero-order valence-electron chi connectivity index (χ0n) is 14.3. The third-order valence-corrected chi connectivity index (χ3v) is 5.52. The molecule has 4 rings (SSSR count). The first-order chi connectivity index (χ1) is 11.9. The van der Waals surface area contributed by atoms with Crippen LogP contribution in [-0.2, 0) is 16.6 Å². The van der Waals surface area contributed by atoms with Gasteiger partial charge in [0.2, 0.25) is 5.91 Å². The molecule has 1 spiro atoms. The molecule has 1 aromatic carbocycles. The summed E-state index contributed by atoms with van der Waals surface area (Å²) in [5.41, 5.74) is 1.13. The number of hydrogen-bond donors (Lipinski definition) is 0. The Labute approximate surface area is 150 Å². The van der Waals surface area contributed by atoms with E-state index in [2.05, 4.69) is 0 Å². The minimum atomic E-state index is -0.438. The zero-order chi connectivity index (χ0) is 17.8. The van der Waals surface area contributed by atoms with Gasteiger partial charge < -0.3 is 19.1 Å². The topological polar surface area (TPSA) is 54.8 Å². The predicted octanol–water partition coefficient (Wildman–Crippen LogP) is 1.91. The quantitative estimate of drug-likeness (QED) is 0.779. The molecule has 7 heteroatoms. The number of aryl methyl sites for hydroxylation is 1. The first kappa shape index (κ1) is 16.4. The van der Waals surface area contributed by atoms with Gasteiger partial charge in [0.1, 0.15) is 17.9 Å². The first-order valence-corrected chi connectivity index (χ1v) is 8.69. The van der Waals surface area contributed by atoms with Crippen LogP contribution in [0.15, 0.2) is 24.3 Å². The Morgan fingerprint density at radius 3 is 2.80 bits per heavy atom. The molecule has 0 aliphatic carbocycles. The van der Waals surface area contributed by atoms with Crippen LogP contribution in [0.4, 0.5) is 0 Å². The standard InChI is InChI=1S/C18H20ClN3O3/c1-20-10-18(25-9-16(20)23)5-6-22(11-18)17(24)15-7-12-3-4-13(19)8-14(12)21(15)2/h3-4,7-8H,5-6,9-11H2,1-2H3/t18-/m0/s1. The van der Waals surface area contributed by atoms with Crippen molar-refractivity contribution < 1.29 is 14.3 Å². The number of halogens is 1. The molecular weight excluding hydrogens is 342 g/mol. The maximum absolute atomic E-state index is 13.0. The summed E-state index contributed by atoms with van der Waals surface area (Å²) in [6.45, 7) is 1.75. The van der Waals surface area contributed by atoms with Gasteiger partial charge in [-0.3, -0.25) is 9.59 Å². The van der Waals surface area contributed by atoms with Crippen LogP contribution in [0.5, 0.6) is 0 Å². The number of aromatic nitrogens is 1. The SMILES string of the molecule is CN1C[C@]2(CCN(C(=O)c3cc4ccc(Cl)cc4n3C)C2)OCC1=O. The Balaban J connectivity index is 1.58. The molecule has 1 aromatic heterocycles. The average Bonchev–Trinajstić information content (AvgIpc) is 3.13. The van der Waals surface area contributed by atoms with Gasteiger partial charge in [-0.2, -0.15) is 0 Å². The molecule has 0 bridgehead atoms. The van der Waals surface area contributed by atoms with Crippen molar-refractivity contribution in [2.24, 2.45) is 7.05 Å². The number of rotatable bonds is 1. The minimum absolute atomic E-state index is 0.0130. The summed E-state index contributed by atoms with van der Waals surface area (Å²) < 4.78 is 7.70. The monoisotopic (exact) mass is 361 g/mol. The summed E-state index contributed by atoms with van der Waals surface area (Å²) in [5.74, 6) is -0.0317. The molecule has 132 valence electrons. The van der Waals surface area contributed by atoms with Crippen molar-refractivity contribution in [2.75, 3.05) is 33.3 Å². The van der Waals surface area contributed by atoms with Crippen LogP contribution < -0.4 is 0 Å². The number of carbonyl (C=O) groups excluding carboxylic acids is 2. The van der Waals surface area contributed by atoms with Gasteiger partial charge in [0.05, 0.1) is 13.1 Å². The van der Waals surface area contributed by atoms with Crippen molar-refractivity contribution in [1.82, 2.24) is 14.4 Å². The maximum Gasteiger partial charge on any atom is 0.270 e. The number of likely N-dealkylation sites (tertiary alicyclic amines) is 1. The third kappa shape index (κ3) is 2.69. The van der Waals surface area contributed by atoms with Crippen LogP contribution in [0, 0.1) is 0 Å². The van der Waals surface area contributed by atoms with Gasteiger partial charge in [-0.05, 0) is 24.6 Å². The highest BCUT2D eigenvalue weighted by atomic mass is 35.5. The van der Waals surface area contributed by atoms with Crippen molar-refractivity contribution in [3.05, 3.63) is 35.0 Å². The fourth-order valence-corrected chi connectivity index (χ4v) is 3.99. The van der Waals surface area contributed by atoms with Gasteiger partial charge >= 0.3 is 0 Å². The lowest BCUT2D eigenvalue weighted by Gasteiger charge is -2.38. The number of amides is 2. The molecule has 2 amide bonds. The minimum Gasteiger partial charge on any atom is -0.361 e. The molecule has 3 heterocycles. The highest BCUT2D eigenvalue weighted by molar-refractivity contribution is 6.31. The number of nitrogens with zero attached hydrogens (tertiary/aromatic N) is 3. The van der Waals surface area contributed by atoms with E-state index in [9.17, 15) is 9.59 Å². The normalized spacial score (nSPS) is 23.9. The first-order valence-electron chi connectivity index (χ1n) is 8.31. The molecule has 2 aromatic rings. The summed E-state index contributed by atoms with van der Waals surface area (Å²) in [6, 6.07) is 7.51. The summed E-state index contributed by atoms with van der Waals surface area (Å²) >= 11 is 6.07. The number of fused-ring (bicyclic) bond motifs is 1. The van der Waals surface area contributed by atoms with Crippen molar-refractivity contribution in [3.63, 3.8) is 0 Å². The van der Waals surface area contributed by atoms with E-state index in [0.29, 0.717) is 30.4 Å². The van der Waals surface area contributed by atoms with E-state index < -0.39 is 5.60 Å². The van der Waals surface area contributed by atoms with Gasteiger partial charge in [-0.1, -0.05) is 17.7 Å². The lowest BCUT2D eigenvalue weighted by atomic mass is 10.0. The van der Waals surface area contributed by atoms with E-state index in [0.717, 1.165) is 17.3 Å². The van der Waals surface area contributed by atoms with E-state index in [4.69, 9.17) is 16.3 Å². The van der Waals surface area contributed by atoms with Gasteiger partial charge in [0.25, 0.3) is 5.91 Å². The van der Waals surface area contributed by atoms with Crippen LogP contribution in [0.2, 0.25) is 5.02 Å². The second-order valence-electron chi connectivity index (χ2n) is 6.99. The Morgan fingerprint density at radius 1 is 1.24 bits per heavy atom. The second kappa shape index (κ2) is 5.75. The Morgan fingerprint density at radius 2 is 2.04 bits per heavy atom. The molecule has 2 fully saturated rings. The van der Waals surface area contributed by atoms with Gasteiger partial charge in [-0.15, -0.1) is 0 Å². The molecule has 0 radical (unpaired) electrons. The van der Waals surface area contributed by atoms with E-state index in [1.807, 2.05) is 40.8 Å². The zero-order valence-corrected chi connectivity index (χ0v) is 15.0. The van der Waals surface area contributed by atoms with Gasteiger partial charge in [0, 0.05) is 36.6 Å². The van der Waals surface area contributed by atoms with Crippen molar-refractivity contribution >= 4 is 34.3 Å². The third-order valence-electron chi connectivity index (χ3n) is 5.28. The van der Waals surface area contributed by atoms with E-state index in [1.54, 1.807) is 11.9 Å². The van der Waals surface area contributed by atoms with Crippen molar-refractivity contribution in [2.45, 2.75) is 12.0 Å². The van der Waals surface area contributed by atoms with Crippen LogP contribution in [0.25, 0.3) is 10.9 Å². The Hall–Kier alpha value is -2.05. The van der Waals surface area contributed by atoms with Crippen molar-refractivity contribution in [3.8, 4) is 0 Å². The number of likely N-dealkylation sites (N-methyl/N-ethyl adjacent to an activating group) is 1. The molecule has 25 heavy (non-hydrogen) atoms. The maximum atomic E-state index is 13.0. The van der Waals surface area contributed by atoms with Crippen LogP contribution in [0.3, 0.4) is 0 Å². The second-order valence-corrected chi connectivity index (χ2v) is 7.43. The number of ether oxygens (including phenoxy) is 1. The molecule has 2 aliphatic heterocycles. The number of hydrogen-bond acceptors (Lipinski definition) is 3. The summed E-state index contributed by atoms with van der Waals surface area (Å²) in [4.78, 5) is 28.2. The Bertz CT molecular complexity index is 878. The summed E-state index contributed by atoms with van der Waals surface area (Å²) in [7, 11) is 3.66. The van der Waals surface area contributed by atoms with E-state index in [-0.39, 0.29) is 18.4 Å². The Kier molecular flexibility index (Phi) is 3.77. The summed E-state index contributed by atoms with van der Waals surface area (Å²) in [5, 5.41) is 1.64. The largest absolute Gasteiger partial charge is 0.361 e. The molecule has 2 saturated heterocycles. The van der Waals surface area contributed by atoms with Crippen LogP contribution in [-0.4, -0.2) is 65.1 Å². The van der Waals surface area contributed by atoms with Crippen LogP contribution in [0.1, 0.15) is 16.9 Å². The van der Waals surface area contributed by atoms with Gasteiger partial charge in [-0.25, -0.2) is 0 Å². The average molecular weight is 362 g/mol. The molecule has 6 nitrogen and oxygen atoms in total. The molecule has 2 aliphatic rings. The predicted molar refractivity (Wildman–Crippen MR) is 94.8 cm³/mol. The molecule has 0 unspecified atom stereocenters. The molecule has 0 saturated carbocycles. The highest BCUT2D eigenvalue weighted by Crippen LogP contribution is 2.31. The van der Waals surface area contributed by atoms with Crippen molar-refractivity contribution in [1.29, 1.82) is 0 Å². The number of carbonyl (C=O) groups is 2. The highest BCUT2D eigenvalue weighted by Gasteiger charge is 2.45. The lowest BCUT2D eigenvalue weighted by Crippen LogP contribution is -2.54. The number of morpholine rings is 1. The smallest absolute Gasteiger partial charge is 0.270 e.